The van der Waals surface area contributed by atoms with E-state index in [4.69, 9.17) is 14.2 Å². The van der Waals surface area contributed by atoms with E-state index < -0.39 is 5.97 Å². The van der Waals surface area contributed by atoms with Gasteiger partial charge in [-0.3, -0.25) is 4.98 Å². The Kier molecular flexibility index (Phi) is 6.63. The number of aromatic nitrogens is 1. The highest BCUT2D eigenvalue weighted by molar-refractivity contribution is 5.92. The molecule has 0 amide bonds. The van der Waals surface area contributed by atoms with Crippen molar-refractivity contribution in [2.45, 2.75) is 19.4 Å². The monoisotopic (exact) mass is 377 g/mol. The molecule has 3 aromatic rings. The third-order valence-corrected chi connectivity index (χ3v) is 4.41. The van der Waals surface area contributed by atoms with Crippen LogP contribution in [0.25, 0.3) is 0 Å². The van der Waals surface area contributed by atoms with E-state index in [2.05, 4.69) is 11.1 Å². The lowest BCUT2D eigenvalue weighted by Crippen LogP contribution is -2.06. The van der Waals surface area contributed by atoms with Crippen LogP contribution in [0.4, 0.5) is 0 Å². The molecule has 0 unspecified atom stereocenters. The van der Waals surface area contributed by atoms with Crippen LogP contribution in [0, 0.1) is 0 Å². The maximum absolute atomic E-state index is 11.8. The molecule has 0 spiro atoms. The molecule has 0 aliphatic rings. The second kappa shape index (κ2) is 9.55. The number of nitrogens with zero attached hydrogens (tertiary/aromatic N) is 1. The largest absolute Gasteiger partial charge is 0.496 e. The number of benzene rings is 2. The summed E-state index contributed by atoms with van der Waals surface area (Å²) in [6.07, 6.45) is 2.96. The number of hydrogen-bond donors (Lipinski definition) is 0. The standard InChI is InChI=1S/C23H23NO4/c1-26-22-14-19(24-15-20(22)23(25)27-2)13-12-18-10-6-7-11-21(18)28-16-17-8-4-3-5-9-17/h3-11,14-15H,12-13,16H2,1-2H3. The highest BCUT2D eigenvalue weighted by Gasteiger charge is 2.14. The Morgan fingerprint density at radius 1 is 0.929 bits per heavy atom. The first-order chi connectivity index (χ1) is 13.7. The Morgan fingerprint density at radius 2 is 1.68 bits per heavy atom. The minimum atomic E-state index is -0.462. The van der Waals surface area contributed by atoms with Crippen LogP contribution in [0.5, 0.6) is 11.5 Å². The van der Waals surface area contributed by atoms with Crippen molar-refractivity contribution in [2.24, 2.45) is 0 Å². The second-order valence-corrected chi connectivity index (χ2v) is 6.25. The first-order valence-electron chi connectivity index (χ1n) is 9.07. The molecule has 0 radical (unpaired) electrons. The van der Waals surface area contributed by atoms with Crippen LogP contribution in [0.1, 0.15) is 27.2 Å². The van der Waals surface area contributed by atoms with E-state index in [1.807, 2.05) is 48.5 Å². The minimum absolute atomic E-state index is 0.320. The van der Waals surface area contributed by atoms with Crippen molar-refractivity contribution < 1.29 is 19.0 Å². The quantitative estimate of drug-likeness (QED) is 0.550. The summed E-state index contributed by atoms with van der Waals surface area (Å²) in [5.74, 6) is 0.866. The number of aryl methyl sites for hydroxylation is 2. The van der Waals surface area contributed by atoms with Gasteiger partial charge in [0.1, 0.15) is 23.7 Å². The maximum atomic E-state index is 11.8. The molecule has 1 heterocycles. The lowest BCUT2D eigenvalue weighted by Gasteiger charge is -2.12. The molecule has 0 N–H and O–H groups in total. The number of para-hydroxylation sites is 1. The lowest BCUT2D eigenvalue weighted by atomic mass is 10.1. The molecule has 1 aromatic heterocycles. The van der Waals surface area contributed by atoms with Crippen molar-refractivity contribution in [3.63, 3.8) is 0 Å². The predicted octanol–water partition coefficient (Wildman–Crippen LogP) is 4.24. The van der Waals surface area contributed by atoms with Gasteiger partial charge in [0.15, 0.2) is 0 Å². The molecule has 5 nitrogen and oxygen atoms in total. The van der Waals surface area contributed by atoms with Crippen LogP contribution in [-0.4, -0.2) is 25.2 Å². The number of carbonyl (C=O) groups excluding carboxylic acids is 1. The maximum Gasteiger partial charge on any atom is 0.343 e. The van der Waals surface area contributed by atoms with E-state index in [9.17, 15) is 4.79 Å². The topological polar surface area (TPSA) is 57.7 Å². The fraction of sp³-hybridized carbons (Fsp3) is 0.217. The van der Waals surface area contributed by atoms with Crippen LogP contribution in [0.3, 0.4) is 0 Å². The Morgan fingerprint density at radius 3 is 2.43 bits per heavy atom. The number of ether oxygens (including phenoxy) is 3. The summed E-state index contributed by atoms with van der Waals surface area (Å²) in [5, 5.41) is 0. The summed E-state index contributed by atoms with van der Waals surface area (Å²) >= 11 is 0. The third kappa shape index (κ3) is 4.88. The molecule has 0 saturated heterocycles. The van der Waals surface area contributed by atoms with Crippen molar-refractivity contribution in [2.75, 3.05) is 14.2 Å². The average Bonchev–Trinajstić information content (AvgIpc) is 2.76. The average molecular weight is 377 g/mol. The summed E-state index contributed by atoms with van der Waals surface area (Å²) in [7, 11) is 2.86. The fourth-order valence-electron chi connectivity index (χ4n) is 2.90. The van der Waals surface area contributed by atoms with Gasteiger partial charge in [-0.05, 0) is 30.0 Å². The molecule has 0 aliphatic carbocycles. The van der Waals surface area contributed by atoms with Crippen molar-refractivity contribution in [1.29, 1.82) is 0 Å². The summed E-state index contributed by atoms with van der Waals surface area (Å²) in [6.45, 7) is 0.526. The second-order valence-electron chi connectivity index (χ2n) is 6.25. The van der Waals surface area contributed by atoms with Gasteiger partial charge in [0.25, 0.3) is 0 Å². The smallest absolute Gasteiger partial charge is 0.343 e. The summed E-state index contributed by atoms with van der Waals surface area (Å²) in [4.78, 5) is 16.1. The van der Waals surface area contributed by atoms with E-state index >= 15 is 0 Å². The third-order valence-electron chi connectivity index (χ3n) is 4.41. The van der Waals surface area contributed by atoms with E-state index in [1.165, 1.54) is 20.4 Å². The van der Waals surface area contributed by atoms with E-state index in [0.717, 1.165) is 29.0 Å². The van der Waals surface area contributed by atoms with Crippen molar-refractivity contribution in [3.8, 4) is 11.5 Å². The first kappa shape index (κ1) is 19.4. The van der Waals surface area contributed by atoms with Crippen LogP contribution in [-0.2, 0) is 24.2 Å². The molecule has 0 saturated carbocycles. The lowest BCUT2D eigenvalue weighted by molar-refractivity contribution is 0.0596. The van der Waals surface area contributed by atoms with Gasteiger partial charge in [-0.1, -0.05) is 48.5 Å². The van der Waals surface area contributed by atoms with Crippen molar-refractivity contribution >= 4 is 5.97 Å². The summed E-state index contributed by atoms with van der Waals surface area (Å²) in [5.41, 5.74) is 3.39. The van der Waals surface area contributed by atoms with Gasteiger partial charge in [-0.25, -0.2) is 4.79 Å². The minimum Gasteiger partial charge on any atom is -0.496 e. The van der Waals surface area contributed by atoms with Gasteiger partial charge >= 0.3 is 5.97 Å². The molecule has 2 aromatic carbocycles. The van der Waals surface area contributed by atoms with Gasteiger partial charge < -0.3 is 14.2 Å². The Balaban J connectivity index is 1.68. The molecule has 0 bridgehead atoms. The number of pyridine rings is 1. The number of methoxy groups -OCH3 is 2. The first-order valence-corrected chi connectivity index (χ1v) is 9.07. The molecular weight excluding hydrogens is 354 g/mol. The van der Waals surface area contributed by atoms with Gasteiger partial charge in [0.2, 0.25) is 0 Å². The number of esters is 1. The Hall–Kier alpha value is -3.34. The highest BCUT2D eigenvalue weighted by atomic mass is 16.5. The van der Waals surface area contributed by atoms with Gasteiger partial charge in [-0.15, -0.1) is 0 Å². The zero-order valence-electron chi connectivity index (χ0n) is 16.1. The fourth-order valence-corrected chi connectivity index (χ4v) is 2.90. The molecular formula is C23H23NO4. The number of hydrogen-bond acceptors (Lipinski definition) is 5. The molecule has 0 fully saturated rings. The van der Waals surface area contributed by atoms with E-state index in [0.29, 0.717) is 24.3 Å². The molecule has 0 aliphatic heterocycles. The van der Waals surface area contributed by atoms with Crippen LogP contribution >= 0.6 is 0 Å². The van der Waals surface area contributed by atoms with Crippen molar-refractivity contribution in [1.82, 2.24) is 4.98 Å². The van der Waals surface area contributed by atoms with E-state index in [1.54, 1.807) is 6.07 Å². The van der Waals surface area contributed by atoms with Gasteiger partial charge in [-0.2, -0.15) is 0 Å². The molecule has 0 atom stereocenters. The van der Waals surface area contributed by atoms with Gasteiger partial charge in [0, 0.05) is 18.0 Å². The van der Waals surface area contributed by atoms with Crippen LogP contribution in [0.15, 0.2) is 66.9 Å². The number of carbonyl (C=O) groups is 1. The van der Waals surface area contributed by atoms with Gasteiger partial charge in [0.05, 0.1) is 14.2 Å². The molecule has 5 heteroatoms. The SMILES string of the molecule is COC(=O)c1cnc(CCc2ccccc2OCc2ccccc2)cc1OC. The predicted molar refractivity (Wildman–Crippen MR) is 107 cm³/mol. The van der Waals surface area contributed by atoms with Crippen molar-refractivity contribution in [3.05, 3.63) is 89.2 Å². The zero-order valence-corrected chi connectivity index (χ0v) is 16.1. The Bertz CT molecular complexity index is 925. The highest BCUT2D eigenvalue weighted by Crippen LogP contribution is 2.23. The zero-order chi connectivity index (χ0) is 19.8. The van der Waals surface area contributed by atoms with Crippen LogP contribution in [0.2, 0.25) is 0 Å². The molecule has 3 rings (SSSR count). The normalized spacial score (nSPS) is 10.4. The molecule has 28 heavy (non-hydrogen) atoms. The molecule has 144 valence electrons. The Labute approximate surface area is 164 Å². The van der Waals surface area contributed by atoms with E-state index in [-0.39, 0.29) is 0 Å². The number of rotatable bonds is 8. The summed E-state index contributed by atoms with van der Waals surface area (Å²) in [6, 6.07) is 19.9. The van der Waals surface area contributed by atoms with Crippen LogP contribution < -0.4 is 9.47 Å². The summed E-state index contributed by atoms with van der Waals surface area (Å²) < 4.78 is 16.1.